The molecule has 1 aromatic carbocycles. The number of anilines is 1. The molecule has 1 N–H and O–H groups in total. The molecule has 3 aromatic rings. The van der Waals surface area contributed by atoms with Gasteiger partial charge in [0.25, 0.3) is 0 Å². The highest BCUT2D eigenvalue weighted by Crippen LogP contribution is 2.22. The molecular formula is C17H16N4O2. The number of nitrogens with one attached hydrogen (secondary N) is 1. The maximum absolute atomic E-state index is 11.6. The van der Waals surface area contributed by atoms with E-state index in [1.54, 1.807) is 10.9 Å². The number of benzene rings is 1. The van der Waals surface area contributed by atoms with Crippen LogP contribution in [0.3, 0.4) is 0 Å². The van der Waals surface area contributed by atoms with Crippen molar-refractivity contribution in [3.05, 3.63) is 60.9 Å². The average Bonchev–Trinajstić information content (AvgIpc) is 2.90. The number of hydrogen-bond acceptors (Lipinski definition) is 4. The van der Waals surface area contributed by atoms with Gasteiger partial charge in [-0.3, -0.25) is 5.32 Å². The number of aromatic nitrogens is 3. The van der Waals surface area contributed by atoms with E-state index in [9.17, 15) is 4.79 Å². The van der Waals surface area contributed by atoms with E-state index >= 15 is 0 Å². The lowest BCUT2D eigenvalue weighted by Crippen LogP contribution is -2.13. The highest BCUT2D eigenvalue weighted by atomic mass is 16.5. The number of para-hydroxylation sites is 1. The first kappa shape index (κ1) is 14.8. The number of hydrogen-bond donors (Lipinski definition) is 1. The van der Waals surface area contributed by atoms with Crippen molar-refractivity contribution in [3.8, 4) is 5.69 Å². The van der Waals surface area contributed by atoms with Crippen LogP contribution in [-0.2, 0) is 4.74 Å². The lowest BCUT2D eigenvalue weighted by atomic mass is 10.2. The van der Waals surface area contributed by atoms with Crippen molar-refractivity contribution in [2.24, 2.45) is 0 Å². The Kier molecular flexibility index (Phi) is 4.05. The Morgan fingerprint density at radius 2 is 2.17 bits per heavy atom. The van der Waals surface area contributed by atoms with Gasteiger partial charge in [-0.05, 0) is 25.1 Å². The predicted octanol–water partition coefficient (Wildman–Crippen LogP) is 3.46. The van der Waals surface area contributed by atoms with Gasteiger partial charge in [0.2, 0.25) is 0 Å². The predicted molar refractivity (Wildman–Crippen MR) is 88.8 cm³/mol. The number of rotatable bonds is 4. The summed E-state index contributed by atoms with van der Waals surface area (Å²) >= 11 is 0. The van der Waals surface area contributed by atoms with Crippen molar-refractivity contribution in [2.45, 2.75) is 6.92 Å². The van der Waals surface area contributed by atoms with Crippen LogP contribution >= 0.6 is 0 Å². The molecule has 0 atom stereocenters. The van der Waals surface area contributed by atoms with Crippen LogP contribution in [0.15, 0.2) is 55.3 Å². The number of nitrogens with zero attached hydrogens (tertiary/aromatic N) is 3. The lowest BCUT2D eigenvalue weighted by Gasteiger charge is -2.06. The smallest absolute Gasteiger partial charge is 0.411 e. The Balaban J connectivity index is 1.94. The fraction of sp³-hybridized carbons (Fsp3) is 0.118. The van der Waals surface area contributed by atoms with Crippen LogP contribution in [0.25, 0.3) is 16.7 Å². The van der Waals surface area contributed by atoms with Crippen molar-refractivity contribution < 1.29 is 9.53 Å². The van der Waals surface area contributed by atoms with Gasteiger partial charge in [0.05, 0.1) is 23.3 Å². The fourth-order valence-electron chi connectivity index (χ4n) is 2.25. The Bertz CT molecular complexity index is 856. The van der Waals surface area contributed by atoms with Gasteiger partial charge in [0.15, 0.2) is 5.65 Å². The summed E-state index contributed by atoms with van der Waals surface area (Å²) in [7, 11) is 0. The molecule has 23 heavy (non-hydrogen) atoms. The average molecular weight is 308 g/mol. The third-order valence-corrected chi connectivity index (χ3v) is 3.29. The number of ether oxygens (including phenoxy) is 1. The Hall–Kier alpha value is -3.15. The van der Waals surface area contributed by atoms with E-state index in [4.69, 9.17) is 4.74 Å². The van der Waals surface area contributed by atoms with E-state index in [0.717, 1.165) is 22.4 Å². The summed E-state index contributed by atoms with van der Waals surface area (Å²) in [6.07, 6.45) is 2.55. The third-order valence-electron chi connectivity index (χ3n) is 3.29. The van der Waals surface area contributed by atoms with Gasteiger partial charge < -0.3 is 4.74 Å². The maximum Gasteiger partial charge on any atom is 0.411 e. The van der Waals surface area contributed by atoms with Gasteiger partial charge in [-0.15, -0.1) is 0 Å². The van der Waals surface area contributed by atoms with Crippen molar-refractivity contribution in [1.29, 1.82) is 0 Å². The van der Waals surface area contributed by atoms with E-state index < -0.39 is 6.09 Å². The van der Waals surface area contributed by atoms with Gasteiger partial charge in [0.1, 0.15) is 6.61 Å². The molecule has 2 aromatic heterocycles. The second kappa shape index (κ2) is 6.31. The molecule has 0 aliphatic rings. The summed E-state index contributed by atoms with van der Waals surface area (Å²) < 4.78 is 6.68. The Morgan fingerprint density at radius 3 is 2.91 bits per heavy atom. The number of aryl methyl sites for hydroxylation is 1. The van der Waals surface area contributed by atoms with E-state index in [2.05, 4.69) is 22.0 Å². The summed E-state index contributed by atoms with van der Waals surface area (Å²) in [5.74, 6) is 0. The van der Waals surface area contributed by atoms with Crippen molar-refractivity contribution >= 4 is 22.8 Å². The molecule has 6 nitrogen and oxygen atoms in total. The highest BCUT2D eigenvalue weighted by molar-refractivity contribution is 5.89. The normalized spacial score (nSPS) is 10.5. The van der Waals surface area contributed by atoms with Crippen LogP contribution in [0.4, 0.5) is 10.5 Å². The molecular weight excluding hydrogens is 292 g/mol. The zero-order valence-electron chi connectivity index (χ0n) is 12.7. The van der Waals surface area contributed by atoms with Crippen LogP contribution in [0.2, 0.25) is 0 Å². The number of carbonyl (C=O) groups is 1. The third kappa shape index (κ3) is 3.06. The van der Waals surface area contributed by atoms with E-state index in [1.807, 2.05) is 43.3 Å². The first-order chi connectivity index (χ1) is 11.2. The van der Waals surface area contributed by atoms with Gasteiger partial charge in [0, 0.05) is 5.39 Å². The van der Waals surface area contributed by atoms with Crippen molar-refractivity contribution in [2.75, 3.05) is 11.9 Å². The van der Waals surface area contributed by atoms with E-state index in [1.165, 1.54) is 6.08 Å². The Labute approximate surface area is 133 Å². The fourth-order valence-corrected chi connectivity index (χ4v) is 2.25. The van der Waals surface area contributed by atoms with Crippen LogP contribution in [-0.4, -0.2) is 27.5 Å². The highest BCUT2D eigenvalue weighted by Gasteiger charge is 2.12. The molecule has 0 radical (unpaired) electrons. The molecule has 3 rings (SSSR count). The molecule has 0 aliphatic heterocycles. The van der Waals surface area contributed by atoms with E-state index in [0.29, 0.717) is 5.69 Å². The second-order valence-electron chi connectivity index (χ2n) is 4.94. The number of carbonyl (C=O) groups excluding carboxylic acids is 1. The monoisotopic (exact) mass is 308 g/mol. The summed E-state index contributed by atoms with van der Waals surface area (Å²) in [4.78, 5) is 16.0. The SMILES string of the molecule is C=CCOC(=O)Nc1cnc2c(c1)c(C)nn2-c1ccccc1. The molecule has 1 amide bonds. The van der Waals surface area contributed by atoms with Crippen LogP contribution < -0.4 is 5.32 Å². The molecule has 6 heteroatoms. The molecule has 0 spiro atoms. The quantitative estimate of drug-likeness (QED) is 0.749. The van der Waals surface area contributed by atoms with Crippen LogP contribution in [0.5, 0.6) is 0 Å². The number of pyridine rings is 1. The maximum atomic E-state index is 11.6. The summed E-state index contributed by atoms with van der Waals surface area (Å²) in [6.45, 7) is 5.56. The van der Waals surface area contributed by atoms with Gasteiger partial charge >= 0.3 is 6.09 Å². The topological polar surface area (TPSA) is 69.0 Å². The minimum Gasteiger partial charge on any atom is -0.445 e. The van der Waals surface area contributed by atoms with Crippen molar-refractivity contribution in [1.82, 2.24) is 14.8 Å². The summed E-state index contributed by atoms with van der Waals surface area (Å²) in [5, 5.41) is 8.03. The van der Waals surface area contributed by atoms with E-state index in [-0.39, 0.29) is 6.61 Å². The summed E-state index contributed by atoms with van der Waals surface area (Å²) in [5.41, 5.74) is 3.06. The molecule has 0 fully saturated rings. The molecule has 0 saturated heterocycles. The molecule has 0 bridgehead atoms. The minimum atomic E-state index is -0.542. The van der Waals surface area contributed by atoms with Gasteiger partial charge in [-0.25, -0.2) is 14.5 Å². The minimum absolute atomic E-state index is 0.159. The first-order valence-corrected chi connectivity index (χ1v) is 7.14. The molecule has 116 valence electrons. The largest absolute Gasteiger partial charge is 0.445 e. The van der Waals surface area contributed by atoms with Gasteiger partial charge in [-0.1, -0.05) is 30.9 Å². The number of amides is 1. The molecule has 2 heterocycles. The second-order valence-corrected chi connectivity index (χ2v) is 4.94. The molecule has 0 aliphatic carbocycles. The van der Waals surface area contributed by atoms with Crippen molar-refractivity contribution in [3.63, 3.8) is 0 Å². The standard InChI is InChI=1S/C17H16N4O2/c1-3-9-23-17(22)19-13-10-15-12(2)20-21(16(15)18-11-13)14-7-5-4-6-8-14/h3-8,10-11H,1,9H2,2H3,(H,19,22). The molecule has 0 unspecified atom stereocenters. The van der Waals surface area contributed by atoms with Crippen LogP contribution in [0.1, 0.15) is 5.69 Å². The summed E-state index contributed by atoms with van der Waals surface area (Å²) in [6, 6.07) is 11.6. The molecule has 0 saturated carbocycles. The zero-order chi connectivity index (χ0) is 16.2. The lowest BCUT2D eigenvalue weighted by molar-refractivity contribution is 0.174. The Morgan fingerprint density at radius 1 is 1.39 bits per heavy atom. The number of fused-ring (bicyclic) bond motifs is 1. The van der Waals surface area contributed by atoms with Gasteiger partial charge in [-0.2, -0.15) is 5.10 Å². The zero-order valence-corrected chi connectivity index (χ0v) is 12.7. The first-order valence-electron chi connectivity index (χ1n) is 7.14. The van der Waals surface area contributed by atoms with Crippen LogP contribution in [0, 0.1) is 6.92 Å².